The van der Waals surface area contributed by atoms with Crippen LogP contribution in [-0.4, -0.2) is 24.2 Å². The van der Waals surface area contributed by atoms with Crippen molar-refractivity contribution >= 4 is 11.7 Å². The SMILES string of the molecule is CC(C)(C)CCN1CC(C(=O)O)c2ccccc21. The summed E-state index contributed by atoms with van der Waals surface area (Å²) in [5.74, 6) is -1.10. The zero-order chi connectivity index (χ0) is 13.3. The highest BCUT2D eigenvalue weighted by Gasteiger charge is 2.33. The van der Waals surface area contributed by atoms with Crippen LogP contribution < -0.4 is 4.90 Å². The van der Waals surface area contributed by atoms with Gasteiger partial charge < -0.3 is 10.0 Å². The van der Waals surface area contributed by atoms with Crippen LogP contribution in [0.2, 0.25) is 0 Å². The number of rotatable bonds is 3. The van der Waals surface area contributed by atoms with Gasteiger partial charge in [0.15, 0.2) is 0 Å². The molecule has 0 saturated carbocycles. The minimum absolute atomic E-state index is 0.274. The molecule has 3 nitrogen and oxygen atoms in total. The Morgan fingerprint density at radius 2 is 2.06 bits per heavy atom. The normalized spacial score (nSPS) is 18.8. The second-order valence-electron chi connectivity index (χ2n) is 6.21. The molecule has 1 aromatic carbocycles. The zero-order valence-electron chi connectivity index (χ0n) is 11.3. The Morgan fingerprint density at radius 1 is 1.39 bits per heavy atom. The molecule has 1 aromatic rings. The van der Waals surface area contributed by atoms with Crippen LogP contribution in [0.1, 0.15) is 38.7 Å². The molecule has 1 aliphatic rings. The molecule has 3 heteroatoms. The zero-order valence-corrected chi connectivity index (χ0v) is 11.3. The predicted molar refractivity (Wildman–Crippen MR) is 73.1 cm³/mol. The number of para-hydroxylation sites is 1. The van der Waals surface area contributed by atoms with Gasteiger partial charge in [0, 0.05) is 18.8 Å². The first-order valence-corrected chi connectivity index (χ1v) is 6.45. The molecule has 1 unspecified atom stereocenters. The molecule has 0 aromatic heterocycles. The monoisotopic (exact) mass is 247 g/mol. The highest BCUT2D eigenvalue weighted by atomic mass is 16.4. The van der Waals surface area contributed by atoms with Crippen molar-refractivity contribution in [3.63, 3.8) is 0 Å². The molecule has 1 atom stereocenters. The third-order valence-corrected chi connectivity index (χ3v) is 3.49. The van der Waals surface area contributed by atoms with Crippen LogP contribution in [0, 0.1) is 5.41 Å². The van der Waals surface area contributed by atoms with Gasteiger partial charge in [-0.3, -0.25) is 4.79 Å². The first kappa shape index (κ1) is 12.9. The van der Waals surface area contributed by atoms with E-state index in [0.29, 0.717) is 6.54 Å². The van der Waals surface area contributed by atoms with Crippen molar-refractivity contribution in [2.45, 2.75) is 33.1 Å². The summed E-state index contributed by atoms with van der Waals surface area (Å²) in [7, 11) is 0. The van der Waals surface area contributed by atoms with E-state index in [0.717, 1.165) is 24.2 Å². The summed E-state index contributed by atoms with van der Waals surface area (Å²) in [5, 5.41) is 9.28. The van der Waals surface area contributed by atoms with Gasteiger partial charge in [-0.15, -0.1) is 0 Å². The summed E-state index contributed by atoms with van der Waals surface area (Å²) in [6.07, 6.45) is 1.06. The molecule has 0 aliphatic carbocycles. The van der Waals surface area contributed by atoms with Gasteiger partial charge >= 0.3 is 5.97 Å². The second-order valence-corrected chi connectivity index (χ2v) is 6.21. The van der Waals surface area contributed by atoms with Crippen molar-refractivity contribution in [1.82, 2.24) is 0 Å². The topological polar surface area (TPSA) is 40.5 Å². The highest BCUT2D eigenvalue weighted by Crippen LogP contribution is 2.37. The first-order chi connectivity index (χ1) is 8.38. The molecule has 0 amide bonds. The fourth-order valence-electron chi connectivity index (χ4n) is 2.38. The van der Waals surface area contributed by atoms with Gasteiger partial charge in [0.25, 0.3) is 0 Å². The maximum Gasteiger partial charge on any atom is 0.312 e. The molecule has 18 heavy (non-hydrogen) atoms. The van der Waals surface area contributed by atoms with Gasteiger partial charge in [-0.1, -0.05) is 39.0 Å². The van der Waals surface area contributed by atoms with Crippen LogP contribution in [0.3, 0.4) is 0 Å². The molecule has 0 spiro atoms. The molecule has 0 radical (unpaired) electrons. The van der Waals surface area contributed by atoms with Crippen LogP contribution in [0.25, 0.3) is 0 Å². The molecule has 98 valence electrons. The average molecular weight is 247 g/mol. The van der Waals surface area contributed by atoms with Crippen molar-refractivity contribution in [3.8, 4) is 0 Å². The minimum atomic E-state index is -0.722. The third kappa shape index (κ3) is 2.66. The molecule has 1 heterocycles. The number of benzene rings is 1. The number of carbonyl (C=O) groups is 1. The van der Waals surface area contributed by atoms with E-state index in [2.05, 4.69) is 25.7 Å². The number of fused-ring (bicyclic) bond motifs is 1. The molecular formula is C15H21NO2. The van der Waals surface area contributed by atoms with E-state index in [-0.39, 0.29) is 11.3 Å². The van der Waals surface area contributed by atoms with E-state index < -0.39 is 5.97 Å². The standard InChI is InChI=1S/C15H21NO2/c1-15(2,3)8-9-16-10-12(14(17)18)11-6-4-5-7-13(11)16/h4-7,12H,8-10H2,1-3H3,(H,17,18). The maximum absolute atomic E-state index is 11.3. The molecule has 1 aliphatic heterocycles. The van der Waals surface area contributed by atoms with Crippen LogP contribution in [0.15, 0.2) is 24.3 Å². The van der Waals surface area contributed by atoms with Gasteiger partial charge in [0.2, 0.25) is 0 Å². The van der Waals surface area contributed by atoms with E-state index in [1.807, 2.05) is 24.3 Å². The average Bonchev–Trinajstić information content (AvgIpc) is 2.64. The van der Waals surface area contributed by atoms with E-state index in [4.69, 9.17) is 0 Å². The molecule has 0 fully saturated rings. The maximum atomic E-state index is 11.3. The van der Waals surface area contributed by atoms with Gasteiger partial charge in [-0.25, -0.2) is 0 Å². The van der Waals surface area contributed by atoms with Gasteiger partial charge in [0.1, 0.15) is 5.92 Å². The van der Waals surface area contributed by atoms with E-state index in [9.17, 15) is 9.90 Å². The number of aliphatic carboxylic acids is 1. The number of nitrogens with zero attached hydrogens (tertiary/aromatic N) is 1. The number of anilines is 1. The Morgan fingerprint density at radius 3 is 2.67 bits per heavy atom. The van der Waals surface area contributed by atoms with E-state index in [1.165, 1.54) is 0 Å². The Balaban J connectivity index is 2.18. The summed E-state index contributed by atoms with van der Waals surface area (Å²) in [5.41, 5.74) is 2.32. The Bertz CT molecular complexity index is 448. The molecule has 0 bridgehead atoms. The van der Waals surface area contributed by atoms with Crippen molar-refractivity contribution in [1.29, 1.82) is 0 Å². The van der Waals surface area contributed by atoms with Crippen LogP contribution in [-0.2, 0) is 4.79 Å². The Kier molecular flexibility index (Phi) is 3.33. The van der Waals surface area contributed by atoms with Crippen molar-refractivity contribution < 1.29 is 9.90 Å². The lowest BCUT2D eigenvalue weighted by atomic mass is 9.92. The van der Waals surface area contributed by atoms with Gasteiger partial charge in [-0.2, -0.15) is 0 Å². The van der Waals surface area contributed by atoms with Gasteiger partial charge in [0.05, 0.1) is 0 Å². The lowest BCUT2D eigenvalue weighted by Crippen LogP contribution is -2.28. The summed E-state index contributed by atoms with van der Waals surface area (Å²) in [4.78, 5) is 13.5. The van der Waals surface area contributed by atoms with Crippen molar-refractivity contribution in [3.05, 3.63) is 29.8 Å². The first-order valence-electron chi connectivity index (χ1n) is 6.45. The summed E-state index contributed by atoms with van der Waals surface area (Å²) in [6.45, 7) is 8.16. The predicted octanol–water partition coefficient (Wildman–Crippen LogP) is 3.11. The molecule has 2 rings (SSSR count). The largest absolute Gasteiger partial charge is 0.481 e. The lowest BCUT2D eigenvalue weighted by molar-refractivity contribution is -0.138. The number of carboxylic acids is 1. The van der Waals surface area contributed by atoms with E-state index in [1.54, 1.807) is 0 Å². The Hall–Kier alpha value is -1.51. The van der Waals surface area contributed by atoms with Gasteiger partial charge in [-0.05, 0) is 23.5 Å². The molecule has 1 N–H and O–H groups in total. The highest BCUT2D eigenvalue weighted by molar-refractivity contribution is 5.82. The van der Waals surface area contributed by atoms with Crippen LogP contribution in [0.4, 0.5) is 5.69 Å². The van der Waals surface area contributed by atoms with E-state index >= 15 is 0 Å². The summed E-state index contributed by atoms with van der Waals surface area (Å²) in [6, 6.07) is 7.86. The quantitative estimate of drug-likeness (QED) is 0.892. The Labute approximate surface area is 108 Å². The summed E-state index contributed by atoms with van der Waals surface area (Å²) >= 11 is 0. The molecule has 0 saturated heterocycles. The van der Waals surface area contributed by atoms with Crippen molar-refractivity contribution in [2.24, 2.45) is 5.41 Å². The fourth-order valence-corrected chi connectivity index (χ4v) is 2.38. The number of carboxylic acid groups (broad SMARTS) is 1. The minimum Gasteiger partial charge on any atom is -0.481 e. The summed E-state index contributed by atoms with van der Waals surface area (Å²) < 4.78 is 0. The van der Waals surface area contributed by atoms with Crippen molar-refractivity contribution in [2.75, 3.05) is 18.0 Å². The lowest BCUT2D eigenvalue weighted by Gasteiger charge is -2.25. The second kappa shape index (κ2) is 4.63. The fraction of sp³-hybridized carbons (Fsp3) is 0.533. The molecular weight excluding hydrogens is 226 g/mol. The number of hydrogen-bond donors (Lipinski definition) is 1. The van der Waals surface area contributed by atoms with Crippen LogP contribution in [0.5, 0.6) is 0 Å². The third-order valence-electron chi connectivity index (χ3n) is 3.49. The smallest absolute Gasteiger partial charge is 0.312 e. The number of hydrogen-bond acceptors (Lipinski definition) is 2. The van der Waals surface area contributed by atoms with Crippen LogP contribution >= 0.6 is 0 Å².